The predicted octanol–water partition coefficient (Wildman–Crippen LogP) is 2.80. The Kier molecular flexibility index (Phi) is 4.18. The SMILES string of the molecule is CCC(CNC1CC1)OCc1cccs1. The van der Waals surface area contributed by atoms with Gasteiger partial charge in [0.1, 0.15) is 0 Å². The van der Waals surface area contributed by atoms with Crippen LogP contribution in [0.3, 0.4) is 0 Å². The molecule has 2 rings (SSSR count). The van der Waals surface area contributed by atoms with E-state index in [2.05, 4.69) is 29.8 Å². The molecule has 3 heteroatoms. The van der Waals surface area contributed by atoms with Crippen molar-refractivity contribution in [2.45, 2.75) is 44.9 Å². The molecule has 1 N–H and O–H groups in total. The minimum Gasteiger partial charge on any atom is -0.371 e. The lowest BCUT2D eigenvalue weighted by Crippen LogP contribution is -2.29. The molecule has 1 aromatic heterocycles. The molecule has 1 aliphatic carbocycles. The normalized spacial score (nSPS) is 17.9. The molecule has 0 radical (unpaired) electrons. The van der Waals surface area contributed by atoms with E-state index in [-0.39, 0.29) is 0 Å². The monoisotopic (exact) mass is 225 g/mol. The zero-order chi connectivity index (χ0) is 10.5. The van der Waals surface area contributed by atoms with Crippen molar-refractivity contribution in [3.8, 4) is 0 Å². The molecule has 1 aliphatic rings. The molecule has 0 aromatic carbocycles. The third kappa shape index (κ3) is 3.93. The largest absolute Gasteiger partial charge is 0.371 e. The molecule has 1 saturated carbocycles. The van der Waals surface area contributed by atoms with Crippen LogP contribution in [0.2, 0.25) is 0 Å². The Morgan fingerprint density at radius 2 is 2.47 bits per heavy atom. The van der Waals surface area contributed by atoms with Crippen LogP contribution in [0.25, 0.3) is 0 Å². The number of hydrogen-bond donors (Lipinski definition) is 1. The first-order chi connectivity index (χ1) is 7.38. The van der Waals surface area contributed by atoms with Gasteiger partial charge in [0.25, 0.3) is 0 Å². The maximum Gasteiger partial charge on any atom is 0.0813 e. The Morgan fingerprint density at radius 1 is 1.60 bits per heavy atom. The summed E-state index contributed by atoms with van der Waals surface area (Å²) in [5, 5.41) is 5.62. The first kappa shape index (κ1) is 11.1. The molecule has 2 nitrogen and oxygen atoms in total. The number of hydrogen-bond acceptors (Lipinski definition) is 3. The van der Waals surface area contributed by atoms with Crippen LogP contribution < -0.4 is 5.32 Å². The summed E-state index contributed by atoms with van der Waals surface area (Å²) < 4.78 is 5.86. The summed E-state index contributed by atoms with van der Waals surface area (Å²) in [6.07, 6.45) is 4.15. The van der Waals surface area contributed by atoms with E-state index in [1.807, 2.05) is 0 Å². The van der Waals surface area contributed by atoms with E-state index in [1.54, 1.807) is 11.3 Å². The smallest absolute Gasteiger partial charge is 0.0813 e. The Labute approximate surface area is 95.6 Å². The number of thiophene rings is 1. The van der Waals surface area contributed by atoms with E-state index >= 15 is 0 Å². The topological polar surface area (TPSA) is 21.3 Å². The fraction of sp³-hybridized carbons (Fsp3) is 0.667. The van der Waals surface area contributed by atoms with E-state index in [0.29, 0.717) is 6.10 Å². The molecule has 1 atom stereocenters. The summed E-state index contributed by atoms with van der Waals surface area (Å²) in [6.45, 7) is 3.96. The third-order valence-corrected chi connectivity index (χ3v) is 3.56. The number of nitrogens with one attached hydrogen (secondary N) is 1. The van der Waals surface area contributed by atoms with Gasteiger partial charge in [0.05, 0.1) is 12.7 Å². The predicted molar refractivity (Wildman–Crippen MR) is 64.2 cm³/mol. The molecular formula is C12H19NOS. The van der Waals surface area contributed by atoms with E-state index in [1.165, 1.54) is 17.7 Å². The van der Waals surface area contributed by atoms with Gasteiger partial charge in [-0.2, -0.15) is 0 Å². The maximum atomic E-state index is 5.86. The number of rotatable bonds is 7. The summed E-state index contributed by atoms with van der Waals surface area (Å²) in [4.78, 5) is 1.32. The van der Waals surface area contributed by atoms with Gasteiger partial charge in [-0.05, 0) is 30.7 Å². The van der Waals surface area contributed by atoms with Crippen LogP contribution in [0.4, 0.5) is 0 Å². The van der Waals surface area contributed by atoms with Crippen LogP contribution in [-0.2, 0) is 11.3 Å². The third-order valence-electron chi connectivity index (χ3n) is 2.71. The molecule has 0 bridgehead atoms. The van der Waals surface area contributed by atoms with Crippen LogP contribution in [-0.4, -0.2) is 18.7 Å². The fourth-order valence-corrected chi connectivity index (χ4v) is 2.13. The summed E-state index contributed by atoms with van der Waals surface area (Å²) >= 11 is 1.77. The summed E-state index contributed by atoms with van der Waals surface area (Å²) in [5.41, 5.74) is 0. The average Bonchev–Trinajstić information content (AvgIpc) is 2.94. The number of ether oxygens (including phenoxy) is 1. The lowest BCUT2D eigenvalue weighted by Gasteiger charge is -2.16. The van der Waals surface area contributed by atoms with E-state index < -0.39 is 0 Å². The Hall–Kier alpha value is -0.380. The van der Waals surface area contributed by atoms with E-state index in [0.717, 1.165) is 25.6 Å². The quantitative estimate of drug-likeness (QED) is 0.770. The second-order valence-electron chi connectivity index (χ2n) is 4.10. The van der Waals surface area contributed by atoms with Gasteiger partial charge in [0.2, 0.25) is 0 Å². The molecule has 84 valence electrons. The van der Waals surface area contributed by atoms with Crippen molar-refractivity contribution in [2.24, 2.45) is 0 Å². The van der Waals surface area contributed by atoms with Crippen molar-refractivity contribution in [2.75, 3.05) is 6.54 Å². The first-order valence-corrected chi connectivity index (χ1v) is 6.64. The highest BCUT2D eigenvalue weighted by molar-refractivity contribution is 7.09. The summed E-state index contributed by atoms with van der Waals surface area (Å²) in [5.74, 6) is 0. The average molecular weight is 225 g/mol. The molecular weight excluding hydrogens is 206 g/mol. The Morgan fingerprint density at radius 3 is 3.07 bits per heavy atom. The van der Waals surface area contributed by atoms with Gasteiger partial charge in [0.15, 0.2) is 0 Å². The minimum absolute atomic E-state index is 0.368. The van der Waals surface area contributed by atoms with Crippen molar-refractivity contribution in [3.63, 3.8) is 0 Å². The van der Waals surface area contributed by atoms with Crippen molar-refractivity contribution in [1.29, 1.82) is 0 Å². The highest BCUT2D eigenvalue weighted by Crippen LogP contribution is 2.19. The van der Waals surface area contributed by atoms with Gasteiger partial charge < -0.3 is 10.1 Å². The minimum atomic E-state index is 0.368. The molecule has 1 heterocycles. The van der Waals surface area contributed by atoms with E-state index in [4.69, 9.17) is 4.74 Å². The molecule has 0 spiro atoms. The van der Waals surface area contributed by atoms with Gasteiger partial charge in [-0.1, -0.05) is 13.0 Å². The fourth-order valence-electron chi connectivity index (χ4n) is 1.50. The zero-order valence-corrected chi connectivity index (χ0v) is 10.1. The van der Waals surface area contributed by atoms with Gasteiger partial charge in [-0.3, -0.25) is 0 Å². The van der Waals surface area contributed by atoms with Crippen molar-refractivity contribution < 1.29 is 4.74 Å². The highest BCUT2D eigenvalue weighted by Gasteiger charge is 2.21. The van der Waals surface area contributed by atoms with Crippen LogP contribution in [0.15, 0.2) is 17.5 Å². The molecule has 0 amide bonds. The van der Waals surface area contributed by atoms with Gasteiger partial charge in [-0.15, -0.1) is 11.3 Å². The molecule has 1 unspecified atom stereocenters. The van der Waals surface area contributed by atoms with E-state index in [9.17, 15) is 0 Å². The first-order valence-electron chi connectivity index (χ1n) is 5.76. The van der Waals surface area contributed by atoms with Crippen LogP contribution in [0.5, 0.6) is 0 Å². The Balaban J connectivity index is 1.65. The van der Waals surface area contributed by atoms with Crippen LogP contribution in [0, 0.1) is 0 Å². The molecule has 1 aromatic rings. The maximum absolute atomic E-state index is 5.86. The molecule has 15 heavy (non-hydrogen) atoms. The van der Waals surface area contributed by atoms with Gasteiger partial charge in [0, 0.05) is 17.5 Å². The lowest BCUT2D eigenvalue weighted by molar-refractivity contribution is 0.0397. The summed E-state index contributed by atoms with van der Waals surface area (Å²) in [7, 11) is 0. The van der Waals surface area contributed by atoms with Crippen molar-refractivity contribution in [1.82, 2.24) is 5.32 Å². The summed E-state index contributed by atoms with van der Waals surface area (Å²) in [6, 6.07) is 4.99. The van der Waals surface area contributed by atoms with Crippen LogP contribution in [0.1, 0.15) is 31.1 Å². The zero-order valence-electron chi connectivity index (χ0n) is 9.24. The van der Waals surface area contributed by atoms with Crippen molar-refractivity contribution >= 4 is 11.3 Å². The van der Waals surface area contributed by atoms with Crippen LogP contribution >= 0.6 is 11.3 Å². The molecule has 1 fully saturated rings. The van der Waals surface area contributed by atoms with Crippen molar-refractivity contribution in [3.05, 3.63) is 22.4 Å². The molecule has 0 saturated heterocycles. The van der Waals surface area contributed by atoms with Gasteiger partial charge in [-0.25, -0.2) is 0 Å². The lowest BCUT2D eigenvalue weighted by atomic mass is 10.2. The standard InChI is InChI=1S/C12H19NOS/c1-2-11(8-13-10-5-6-10)14-9-12-4-3-7-15-12/h3-4,7,10-11,13H,2,5-6,8-9H2,1H3. The second kappa shape index (κ2) is 5.64. The second-order valence-corrected chi connectivity index (χ2v) is 5.14. The Bertz CT molecular complexity index is 269. The van der Waals surface area contributed by atoms with Gasteiger partial charge >= 0.3 is 0 Å². The highest BCUT2D eigenvalue weighted by atomic mass is 32.1. The molecule has 0 aliphatic heterocycles.